The molecule has 0 bridgehead atoms. The second-order valence-electron chi connectivity index (χ2n) is 4.86. The zero-order chi connectivity index (χ0) is 20.3. The van der Waals surface area contributed by atoms with Crippen LogP contribution in [0.25, 0.3) is 0 Å². The Hall–Kier alpha value is 0.450. The van der Waals surface area contributed by atoms with E-state index in [0.29, 0.717) is 0 Å². The molecule has 0 aliphatic heterocycles. The first-order valence-corrected chi connectivity index (χ1v) is 13.8. The number of hydrogen-bond acceptors (Lipinski definition) is 9. The van der Waals surface area contributed by atoms with Crippen LogP contribution in [0.15, 0.2) is 0 Å². The van der Waals surface area contributed by atoms with Crippen molar-refractivity contribution in [3.05, 3.63) is 0 Å². The summed E-state index contributed by atoms with van der Waals surface area (Å²) in [6.07, 6.45) is -0.469. The summed E-state index contributed by atoms with van der Waals surface area (Å²) in [6.45, 7) is 10.2. The van der Waals surface area contributed by atoms with Gasteiger partial charge in [-0.15, -0.1) is 0 Å². The van der Waals surface area contributed by atoms with Crippen molar-refractivity contribution in [2.45, 2.75) is 46.9 Å². The lowest BCUT2D eigenvalue weighted by atomic mass is 10.9. The second-order valence-corrected chi connectivity index (χ2v) is 11.8. The molecule has 0 saturated carbocycles. The van der Waals surface area contributed by atoms with E-state index < -0.39 is 34.3 Å². The van der Waals surface area contributed by atoms with Crippen LogP contribution in [0, 0.1) is 0 Å². The van der Waals surface area contributed by atoms with Crippen LogP contribution in [-0.4, -0.2) is 51.2 Å². The minimum absolute atomic E-state index is 0.0413. The molecule has 0 radical (unpaired) electrons. The number of hydrogen-bond donors (Lipinski definition) is 0. The van der Waals surface area contributed by atoms with Crippen LogP contribution in [-0.2, 0) is 40.8 Å². The van der Waals surface area contributed by atoms with Gasteiger partial charge in [0.2, 0.25) is 0 Å². The lowest BCUT2D eigenvalue weighted by Crippen LogP contribution is -2.22. The molecule has 0 aliphatic carbocycles. The molecule has 0 aromatic heterocycles. The van der Waals surface area contributed by atoms with Crippen LogP contribution in [0.1, 0.15) is 41.5 Å². The molecule has 0 aromatic rings. The Kier molecular flexibility index (Phi) is 13.0. The molecular formula is C14H33O9P3. The number of rotatable bonds is 16. The maximum atomic E-state index is 13.4. The SMILES string of the molecule is CCOP(=O)(CC(P(=O)(OCC)OCC)P(=O)(OCC)OCC)OCC. The van der Waals surface area contributed by atoms with Crippen LogP contribution in [0.4, 0.5) is 0 Å². The molecular weight excluding hydrogens is 405 g/mol. The molecule has 0 rings (SSSR count). The van der Waals surface area contributed by atoms with Crippen LogP contribution >= 0.6 is 22.8 Å². The Morgan fingerprint density at radius 1 is 0.538 bits per heavy atom. The third-order valence-corrected chi connectivity index (χ3v) is 11.7. The second kappa shape index (κ2) is 12.8. The van der Waals surface area contributed by atoms with E-state index >= 15 is 0 Å². The molecule has 0 saturated heterocycles. The molecule has 0 spiro atoms. The molecule has 0 N–H and O–H groups in total. The minimum Gasteiger partial charge on any atom is -0.309 e. The highest BCUT2D eigenvalue weighted by Gasteiger charge is 2.54. The molecule has 0 atom stereocenters. The van der Waals surface area contributed by atoms with Gasteiger partial charge < -0.3 is 27.1 Å². The van der Waals surface area contributed by atoms with E-state index in [2.05, 4.69) is 0 Å². The first kappa shape index (κ1) is 26.4. The molecule has 0 unspecified atom stereocenters. The van der Waals surface area contributed by atoms with Gasteiger partial charge in [0.15, 0.2) is 5.40 Å². The molecule has 12 heteroatoms. The largest absolute Gasteiger partial charge is 0.346 e. The van der Waals surface area contributed by atoms with E-state index in [9.17, 15) is 13.7 Å². The van der Waals surface area contributed by atoms with Gasteiger partial charge in [0.1, 0.15) is 0 Å². The van der Waals surface area contributed by atoms with Gasteiger partial charge in [-0.3, -0.25) is 13.7 Å². The molecule has 0 aromatic carbocycles. The Labute approximate surface area is 157 Å². The summed E-state index contributed by atoms with van der Waals surface area (Å²) >= 11 is 0. The van der Waals surface area contributed by atoms with Crippen molar-refractivity contribution in [3.63, 3.8) is 0 Å². The van der Waals surface area contributed by atoms with Crippen LogP contribution < -0.4 is 0 Å². The van der Waals surface area contributed by atoms with Crippen molar-refractivity contribution in [2.75, 3.05) is 45.8 Å². The molecule has 0 amide bonds. The normalized spacial score (nSPS) is 13.5. The van der Waals surface area contributed by atoms with Crippen molar-refractivity contribution < 1.29 is 40.8 Å². The van der Waals surface area contributed by atoms with Gasteiger partial charge in [0.25, 0.3) is 0 Å². The van der Waals surface area contributed by atoms with Crippen molar-refractivity contribution in [1.82, 2.24) is 0 Å². The first-order valence-electron chi connectivity index (χ1n) is 8.86. The highest BCUT2D eigenvalue weighted by atomic mass is 31.2. The van der Waals surface area contributed by atoms with Gasteiger partial charge in [0.05, 0.1) is 45.8 Å². The molecule has 9 nitrogen and oxygen atoms in total. The van der Waals surface area contributed by atoms with E-state index in [1.54, 1.807) is 41.5 Å². The van der Waals surface area contributed by atoms with Gasteiger partial charge in [-0.2, -0.15) is 0 Å². The molecule has 0 heterocycles. The van der Waals surface area contributed by atoms with E-state index in [-0.39, 0.29) is 39.6 Å². The van der Waals surface area contributed by atoms with Crippen LogP contribution in [0.2, 0.25) is 0 Å². The van der Waals surface area contributed by atoms with Crippen molar-refractivity contribution in [2.24, 2.45) is 0 Å². The Morgan fingerprint density at radius 2 is 0.808 bits per heavy atom. The third-order valence-electron chi connectivity index (χ3n) is 3.00. The van der Waals surface area contributed by atoms with Gasteiger partial charge in [0, 0.05) is 0 Å². The summed E-state index contributed by atoms with van der Waals surface area (Å²) in [5, 5.41) is -1.43. The summed E-state index contributed by atoms with van der Waals surface area (Å²) in [4.78, 5) is 0. The summed E-state index contributed by atoms with van der Waals surface area (Å²) in [5.41, 5.74) is 0. The zero-order valence-corrected chi connectivity index (χ0v) is 19.2. The van der Waals surface area contributed by atoms with Gasteiger partial charge in [-0.1, -0.05) is 0 Å². The Balaban J connectivity index is 6.19. The third kappa shape index (κ3) is 7.83. The average molecular weight is 438 g/mol. The topological polar surface area (TPSA) is 107 Å². The highest BCUT2D eigenvalue weighted by molar-refractivity contribution is 7.74. The molecule has 158 valence electrons. The van der Waals surface area contributed by atoms with Crippen molar-refractivity contribution >= 4 is 22.8 Å². The fraction of sp³-hybridized carbons (Fsp3) is 1.00. The van der Waals surface area contributed by atoms with Crippen LogP contribution in [0.5, 0.6) is 0 Å². The fourth-order valence-electron chi connectivity index (χ4n) is 2.25. The Morgan fingerprint density at radius 3 is 1.04 bits per heavy atom. The first-order chi connectivity index (χ1) is 12.2. The summed E-state index contributed by atoms with van der Waals surface area (Å²) in [5.74, 6) is 0. The lowest BCUT2D eigenvalue weighted by molar-refractivity contribution is 0.190. The van der Waals surface area contributed by atoms with Crippen molar-refractivity contribution in [3.8, 4) is 0 Å². The highest BCUT2D eigenvalue weighted by Crippen LogP contribution is 2.73. The van der Waals surface area contributed by atoms with E-state index in [1.165, 1.54) is 0 Å². The fourth-order valence-corrected chi connectivity index (χ4v) is 11.0. The summed E-state index contributed by atoms with van der Waals surface area (Å²) < 4.78 is 71.7. The lowest BCUT2D eigenvalue weighted by Gasteiger charge is -2.32. The summed E-state index contributed by atoms with van der Waals surface area (Å²) in [7, 11) is -11.7. The standard InChI is InChI=1S/C14H33O9P3/c1-7-18-24(15,19-8-2)13-14(25(16,20-9-3)21-10-4)26(17,22-11-5)23-12-6/h14H,7-13H2,1-6H3. The molecule has 0 aliphatic rings. The summed E-state index contributed by atoms with van der Waals surface area (Å²) in [6, 6.07) is 0. The Bertz CT molecular complexity index is 466. The zero-order valence-electron chi connectivity index (χ0n) is 16.5. The monoisotopic (exact) mass is 438 g/mol. The molecule has 26 heavy (non-hydrogen) atoms. The smallest absolute Gasteiger partial charge is 0.309 e. The predicted octanol–water partition coefficient (Wildman–Crippen LogP) is 5.11. The van der Waals surface area contributed by atoms with E-state index in [0.717, 1.165) is 0 Å². The van der Waals surface area contributed by atoms with Crippen molar-refractivity contribution in [1.29, 1.82) is 0 Å². The maximum absolute atomic E-state index is 13.4. The van der Waals surface area contributed by atoms with Gasteiger partial charge in [-0.05, 0) is 41.5 Å². The van der Waals surface area contributed by atoms with Gasteiger partial charge >= 0.3 is 22.8 Å². The minimum atomic E-state index is -4.00. The maximum Gasteiger partial charge on any atom is 0.346 e. The quantitative estimate of drug-likeness (QED) is 0.304. The van der Waals surface area contributed by atoms with Gasteiger partial charge in [-0.25, -0.2) is 0 Å². The molecule has 0 fully saturated rings. The average Bonchev–Trinajstić information content (AvgIpc) is 2.54. The van der Waals surface area contributed by atoms with Crippen LogP contribution in [0.3, 0.4) is 0 Å². The van der Waals surface area contributed by atoms with E-state index in [4.69, 9.17) is 27.1 Å². The predicted molar refractivity (Wildman–Crippen MR) is 101 cm³/mol. The van der Waals surface area contributed by atoms with E-state index in [1.807, 2.05) is 0 Å².